The van der Waals surface area contributed by atoms with Crippen LogP contribution < -0.4 is 0 Å². The van der Waals surface area contributed by atoms with Gasteiger partial charge in [-0.05, 0) is 33.6 Å². The van der Waals surface area contributed by atoms with Crippen molar-refractivity contribution < 1.29 is 0 Å². The van der Waals surface area contributed by atoms with E-state index in [-0.39, 0.29) is 0 Å². The first-order valence-corrected chi connectivity index (χ1v) is 4.11. The number of rotatable bonds is 4. The lowest BCUT2D eigenvalue weighted by molar-refractivity contribution is 0.992. The van der Waals surface area contributed by atoms with Crippen LogP contribution in [0.5, 0.6) is 0 Å². The lowest BCUT2D eigenvalue weighted by Gasteiger charge is -1.96. The molecule has 0 heterocycles. The van der Waals surface area contributed by atoms with Gasteiger partial charge < -0.3 is 0 Å². The molecule has 0 aliphatic carbocycles. The fourth-order valence-corrected chi connectivity index (χ4v) is 0.892. The molecule has 0 aromatic heterocycles. The second-order valence-corrected chi connectivity index (χ2v) is 2.89. The third-order valence-electron chi connectivity index (χ3n) is 1.62. The van der Waals surface area contributed by atoms with Crippen LogP contribution in [0.1, 0.15) is 33.6 Å². The van der Waals surface area contributed by atoms with Crippen molar-refractivity contribution in [1.82, 2.24) is 0 Å². The SMILES string of the molecule is C=C/C(=C/C)CCC=C(C)C. The van der Waals surface area contributed by atoms with Gasteiger partial charge in [-0.2, -0.15) is 0 Å². The Morgan fingerprint density at radius 2 is 2.00 bits per heavy atom. The second-order valence-electron chi connectivity index (χ2n) is 2.89. The van der Waals surface area contributed by atoms with E-state index in [1.54, 1.807) is 0 Å². The monoisotopic (exact) mass is 150 g/mol. The Kier molecular flexibility index (Phi) is 5.54. The summed E-state index contributed by atoms with van der Waals surface area (Å²) in [6, 6.07) is 0. The number of hydrogen-bond acceptors (Lipinski definition) is 0. The summed E-state index contributed by atoms with van der Waals surface area (Å²) >= 11 is 0. The van der Waals surface area contributed by atoms with E-state index in [0.717, 1.165) is 12.8 Å². The fourth-order valence-electron chi connectivity index (χ4n) is 0.892. The molecule has 0 bridgehead atoms. The minimum Gasteiger partial charge on any atom is -0.0988 e. The fraction of sp³-hybridized carbons (Fsp3) is 0.455. The quantitative estimate of drug-likeness (QED) is 0.421. The highest BCUT2D eigenvalue weighted by Gasteiger charge is 1.87. The third kappa shape index (κ3) is 5.65. The zero-order valence-electron chi connectivity index (χ0n) is 7.85. The summed E-state index contributed by atoms with van der Waals surface area (Å²) in [5.74, 6) is 0. The Morgan fingerprint density at radius 1 is 1.36 bits per heavy atom. The third-order valence-corrected chi connectivity index (χ3v) is 1.62. The maximum absolute atomic E-state index is 3.74. The molecule has 0 amide bonds. The van der Waals surface area contributed by atoms with Crippen molar-refractivity contribution in [3.05, 3.63) is 36.0 Å². The summed E-state index contributed by atoms with van der Waals surface area (Å²) < 4.78 is 0. The molecule has 0 spiro atoms. The molecule has 0 rings (SSSR count). The van der Waals surface area contributed by atoms with E-state index < -0.39 is 0 Å². The van der Waals surface area contributed by atoms with E-state index in [9.17, 15) is 0 Å². The molecule has 11 heavy (non-hydrogen) atoms. The molecular weight excluding hydrogens is 132 g/mol. The molecule has 0 aromatic rings. The molecule has 0 saturated heterocycles. The highest BCUT2D eigenvalue weighted by Crippen LogP contribution is 2.07. The maximum atomic E-state index is 3.74. The second kappa shape index (κ2) is 5.96. The van der Waals surface area contributed by atoms with Gasteiger partial charge in [-0.3, -0.25) is 0 Å². The Labute approximate surface area is 70.3 Å². The molecule has 0 N–H and O–H groups in total. The van der Waals surface area contributed by atoms with Crippen molar-refractivity contribution in [3.8, 4) is 0 Å². The molecular formula is C11H18. The molecule has 0 aromatic carbocycles. The van der Waals surface area contributed by atoms with E-state index in [0.29, 0.717) is 0 Å². The first-order chi connectivity index (χ1) is 5.20. The highest BCUT2D eigenvalue weighted by atomic mass is 13.9. The summed E-state index contributed by atoms with van der Waals surface area (Å²) in [6.07, 6.45) is 8.55. The van der Waals surface area contributed by atoms with Crippen molar-refractivity contribution in [1.29, 1.82) is 0 Å². The zero-order valence-corrected chi connectivity index (χ0v) is 7.85. The molecule has 0 radical (unpaired) electrons. The Morgan fingerprint density at radius 3 is 2.36 bits per heavy atom. The summed E-state index contributed by atoms with van der Waals surface area (Å²) in [7, 11) is 0. The normalized spacial score (nSPS) is 11.0. The van der Waals surface area contributed by atoms with Gasteiger partial charge in [0.25, 0.3) is 0 Å². The molecule has 0 heteroatoms. The van der Waals surface area contributed by atoms with E-state index in [4.69, 9.17) is 0 Å². The van der Waals surface area contributed by atoms with E-state index in [1.807, 2.05) is 6.08 Å². The van der Waals surface area contributed by atoms with Crippen LogP contribution in [0.2, 0.25) is 0 Å². The van der Waals surface area contributed by atoms with E-state index >= 15 is 0 Å². The highest BCUT2D eigenvalue weighted by molar-refractivity contribution is 5.15. The van der Waals surface area contributed by atoms with Gasteiger partial charge in [0.15, 0.2) is 0 Å². The molecule has 62 valence electrons. The minimum absolute atomic E-state index is 1.12. The van der Waals surface area contributed by atoms with Gasteiger partial charge in [-0.15, -0.1) is 0 Å². The van der Waals surface area contributed by atoms with Gasteiger partial charge in [-0.25, -0.2) is 0 Å². The lowest BCUT2D eigenvalue weighted by Crippen LogP contribution is -1.76. The first kappa shape index (κ1) is 10.2. The van der Waals surface area contributed by atoms with Crippen LogP contribution in [0.4, 0.5) is 0 Å². The summed E-state index contributed by atoms with van der Waals surface area (Å²) in [4.78, 5) is 0. The molecule has 0 nitrogen and oxygen atoms in total. The predicted molar refractivity (Wildman–Crippen MR) is 52.6 cm³/mol. The Balaban J connectivity index is 3.70. The first-order valence-electron chi connectivity index (χ1n) is 4.11. The maximum Gasteiger partial charge on any atom is -0.0248 e. The molecule has 0 fully saturated rings. The van der Waals surface area contributed by atoms with Crippen LogP contribution in [0, 0.1) is 0 Å². The standard InChI is InChI=1S/C11H18/c1-5-11(6-2)9-7-8-10(3)4/h5-6,8H,1,7,9H2,2-4H3/b11-6-. The van der Waals surface area contributed by atoms with Crippen LogP contribution in [-0.2, 0) is 0 Å². The van der Waals surface area contributed by atoms with Gasteiger partial charge >= 0.3 is 0 Å². The van der Waals surface area contributed by atoms with Crippen LogP contribution in [-0.4, -0.2) is 0 Å². The Bertz CT molecular complexity index is 166. The zero-order chi connectivity index (χ0) is 8.69. The molecule has 0 unspecified atom stereocenters. The Hall–Kier alpha value is -0.780. The average Bonchev–Trinajstić information content (AvgIpc) is 1.98. The van der Waals surface area contributed by atoms with Crippen molar-refractivity contribution in [2.75, 3.05) is 0 Å². The molecule has 0 saturated carbocycles. The molecule has 0 atom stereocenters. The average molecular weight is 150 g/mol. The summed E-state index contributed by atoms with van der Waals surface area (Å²) in [6.45, 7) is 10.1. The largest absolute Gasteiger partial charge is 0.0988 e. The smallest absolute Gasteiger partial charge is 0.0248 e. The van der Waals surface area contributed by atoms with Gasteiger partial charge in [-0.1, -0.05) is 36.0 Å². The summed E-state index contributed by atoms with van der Waals surface area (Å²) in [5, 5.41) is 0. The topological polar surface area (TPSA) is 0 Å². The van der Waals surface area contributed by atoms with E-state index in [2.05, 4.69) is 39.5 Å². The van der Waals surface area contributed by atoms with Crippen LogP contribution in [0.3, 0.4) is 0 Å². The van der Waals surface area contributed by atoms with Crippen molar-refractivity contribution in [2.45, 2.75) is 33.6 Å². The molecule has 0 aliphatic heterocycles. The van der Waals surface area contributed by atoms with Crippen molar-refractivity contribution in [2.24, 2.45) is 0 Å². The lowest BCUT2D eigenvalue weighted by atomic mass is 10.1. The van der Waals surface area contributed by atoms with Crippen LogP contribution >= 0.6 is 0 Å². The van der Waals surface area contributed by atoms with Crippen LogP contribution in [0.25, 0.3) is 0 Å². The minimum atomic E-state index is 1.12. The number of hydrogen-bond donors (Lipinski definition) is 0. The molecule has 0 aliphatic rings. The van der Waals surface area contributed by atoms with Gasteiger partial charge in [0.05, 0.1) is 0 Å². The van der Waals surface area contributed by atoms with Crippen molar-refractivity contribution >= 4 is 0 Å². The number of allylic oxidation sites excluding steroid dienone is 5. The van der Waals surface area contributed by atoms with Gasteiger partial charge in [0.2, 0.25) is 0 Å². The van der Waals surface area contributed by atoms with Gasteiger partial charge in [0, 0.05) is 0 Å². The van der Waals surface area contributed by atoms with Gasteiger partial charge in [0.1, 0.15) is 0 Å². The summed E-state index contributed by atoms with van der Waals surface area (Å²) in [5.41, 5.74) is 2.73. The van der Waals surface area contributed by atoms with E-state index in [1.165, 1.54) is 11.1 Å². The van der Waals surface area contributed by atoms with Crippen LogP contribution in [0.15, 0.2) is 36.0 Å². The predicted octanol–water partition coefficient (Wildman–Crippen LogP) is 3.87. The van der Waals surface area contributed by atoms with Crippen molar-refractivity contribution in [3.63, 3.8) is 0 Å².